The first kappa shape index (κ1) is 34.3. The number of nitrogens with one attached hydrogen (secondary N) is 2. The summed E-state index contributed by atoms with van der Waals surface area (Å²) in [4.78, 5) is 24.6. The maximum Gasteiger partial charge on any atom is 1.00 e. The number of rotatable bonds is 12. The van der Waals surface area contributed by atoms with E-state index in [-0.39, 0.29) is 31.4 Å². The van der Waals surface area contributed by atoms with Crippen molar-refractivity contribution in [2.24, 2.45) is 0 Å². The van der Waals surface area contributed by atoms with Gasteiger partial charge in [-0.05, 0) is 51.0 Å². The van der Waals surface area contributed by atoms with Gasteiger partial charge < -0.3 is 42.7 Å². The van der Waals surface area contributed by atoms with E-state index in [2.05, 4.69) is 51.1 Å². The van der Waals surface area contributed by atoms with Crippen molar-refractivity contribution >= 4 is 53.1 Å². The third kappa shape index (κ3) is 9.64. The van der Waals surface area contributed by atoms with Crippen molar-refractivity contribution in [3.05, 3.63) is 91.6 Å². The van der Waals surface area contributed by atoms with Crippen LogP contribution >= 0.6 is 18.7 Å². The van der Waals surface area contributed by atoms with E-state index in [1.807, 2.05) is 41.4 Å². The van der Waals surface area contributed by atoms with E-state index in [0.717, 1.165) is 12.8 Å². The molecule has 1 amide bonds. The average molecular weight is 613 g/mol. The van der Waals surface area contributed by atoms with E-state index in [0.29, 0.717) is 64.9 Å². The van der Waals surface area contributed by atoms with Crippen molar-refractivity contribution in [2.75, 3.05) is 50.2 Å². The molecule has 0 spiro atoms. The number of para-hydroxylation sites is 1. The zero-order chi connectivity index (χ0) is 30.1. The van der Waals surface area contributed by atoms with Crippen LogP contribution in [0.5, 0.6) is 5.75 Å². The summed E-state index contributed by atoms with van der Waals surface area (Å²) < 4.78 is 18.6. The quantitative estimate of drug-likeness (QED) is 0.139. The molecule has 9 nitrogen and oxygen atoms in total. The molecule has 0 radical (unpaired) electrons. The molecule has 2 N–H and O–H groups in total. The number of ether oxygens (including phenoxy) is 1. The van der Waals surface area contributed by atoms with Gasteiger partial charge in [0.1, 0.15) is 12.2 Å². The Balaban J connectivity index is 0.00000506. The van der Waals surface area contributed by atoms with E-state index in [4.69, 9.17) is 16.3 Å². The molecule has 1 fully saturated rings. The van der Waals surface area contributed by atoms with Gasteiger partial charge in [0.15, 0.2) is 5.82 Å². The van der Waals surface area contributed by atoms with Gasteiger partial charge in [0, 0.05) is 30.2 Å². The second-order valence-corrected chi connectivity index (χ2v) is 13.7. The minimum atomic E-state index is -2.52. The normalized spacial score (nSPS) is 13.7. The zero-order valence-electron chi connectivity index (χ0n) is 24.8. The van der Waals surface area contributed by atoms with Crippen LogP contribution in [0.15, 0.2) is 67.5 Å². The van der Waals surface area contributed by atoms with Gasteiger partial charge in [-0.15, -0.1) is 24.7 Å². The fraction of sp³-hybridized carbons (Fsp3) is 0.290. The molecule has 2 aromatic carbocycles. The molecular formula is C31H35ClLiN6O3P-2. The molecule has 2 heterocycles. The van der Waals surface area contributed by atoms with E-state index in [1.165, 1.54) is 12.3 Å². The Labute approximate surface area is 271 Å². The Morgan fingerprint density at radius 3 is 2.74 bits per heavy atom. The summed E-state index contributed by atoms with van der Waals surface area (Å²) in [6.45, 7) is 13.3. The first-order valence-electron chi connectivity index (χ1n) is 13.6. The van der Waals surface area contributed by atoms with E-state index >= 15 is 0 Å². The van der Waals surface area contributed by atoms with Crippen molar-refractivity contribution in [3.63, 3.8) is 0 Å². The van der Waals surface area contributed by atoms with Crippen molar-refractivity contribution in [1.29, 1.82) is 0 Å². The second kappa shape index (κ2) is 16.0. The molecule has 1 aliphatic heterocycles. The summed E-state index contributed by atoms with van der Waals surface area (Å²) in [6, 6.07) is 16.1. The van der Waals surface area contributed by atoms with Gasteiger partial charge in [-0.1, -0.05) is 36.0 Å². The van der Waals surface area contributed by atoms with Crippen LogP contribution in [0.3, 0.4) is 0 Å². The fourth-order valence-electron chi connectivity index (χ4n) is 4.60. The minimum Gasteiger partial charge on any atom is -0.550 e. The molecule has 0 atom stereocenters. The van der Waals surface area contributed by atoms with Crippen molar-refractivity contribution in [2.45, 2.75) is 18.9 Å². The molecule has 1 aromatic heterocycles. The molecule has 222 valence electrons. The van der Waals surface area contributed by atoms with Gasteiger partial charge >= 0.3 is 18.9 Å². The molecule has 1 aliphatic rings. The van der Waals surface area contributed by atoms with Crippen LogP contribution in [0, 0.1) is 19.1 Å². The number of likely N-dealkylation sites (tertiary alicyclic amines) is 1. The molecule has 0 bridgehead atoms. The van der Waals surface area contributed by atoms with Gasteiger partial charge in [-0.2, -0.15) is 17.3 Å². The molecule has 1 saturated heterocycles. The van der Waals surface area contributed by atoms with Crippen LogP contribution in [-0.2, 0) is 9.36 Å². The summed E-state index contributed by atoms with van der Waals surface area (Å²) in [5.41, 5.74) is 1.38. The molecule has 0 saturated carbocycles. The predicted octanol–water partition coefficient (Wildman–Crippen LogP) is 2.68. The Morgan fingerprint density at radius 2 is 2.05 bits per heavy atom. The number of amides is 1. The standard InChI is InChI=1S/C31H35ClN6O3P.Li/c1-5-29(39)38-18-15-24(16-19-38)37(6-2)17-10-20-41-25-12-9-11-23(21-25)34-31-33-22-26(32)30(36-31)35-27-13-7-8-14-28(27)42(3,4)40;/h5,7-9,11,13-14,17,21-22,24H,1-2,6,15-16,18-20H2,3-4H3,(H2,33,34,35,36);/q-3;+1. The molecule has 0 unspecified atom stereocenters. The number of carbonyl (C=O) groups excluding carboxylic acids is 1. The fourth-order valence-corrected chi connectivity index (χ4v) is 5.89. The van der Waals surface area contributed by atoms with Gasteiger partial charge in [0.25, 0.3) is 0 Å². The number of benzene rings is 2. The smallest absolute Gasteiger partial charge is 0.550 e. The van der Waals surface area contributed by atoms with Crippen LogP contribution in [0.4, 0.5) is 23.1 Å². The summed E-state index contributed by atoms with van der Waals surface area (Å²) in [5, 5.41) is 7.41. The molecule has 0 aliphatic carbocycles. The van der Waals surface area contributed by atoms with Crippen molar-refractivity contribution in [3.8, 4) is 5.75 Å². The number of anilines is 4. The number of hydrogen-bond donors (Lipinski definition) is 2. The Hall–Kier alpha value is -3.21. The van der Waals surface area contributed by atoms with Gasteiger partial charge in [0.05, 0.1) is 11.9 Å². The third-order valence-corrected chi connectivity index (χ3v) is 8.59. The number of piperidine rings is 1. The largest absolute Gasteiger partial charge is 1.00 e. The third-order valence-electron chi connectivity index (χ3n) is 6.76. The summed E-state index contributed by atoms with van der Waals surface area (Å²) in [5.74, 6) is 1.22. The maximum atomic E-state index is 12.7. The van der Waals surface area contributed by atoms with Gasteiger partial charge in [-0.3, -0.25) is 4.79 Å². The number of nitrogens with zero attached hydrogens (tertiary/aromatic N) is 4. The van der Waals surface area contributed by atoms with Crippen molar-refractivity contribution in [1.82, 2.24) is 19.8 Å². The second-order valence-electron chi connectivity index (χ2n) is 10.1. The van der Waals surface area contributed by atoms with E-state index in [1.54, 1.807) is 25.5 Å². The average Bonchev–Trinajstić information content (AvgIpc) is 2.98. The molecular weight excluding hydrogens is 578 g/mol. The topological polar surface area (TPSA) is 99.7 Å². The molecule has 4 rings (SSSR count). The monoisotopic (exact) mass is 612 g/mol. The van der Waals surface area contributed by atoms with E-state index in [9.17, 15) is 9.36 Å². The Morgan fingerprint density at radius 1 is 1.30 bits per heavy atom. The first-order valence-corrected chi connectivity index (χ1v) is 16.5. The SMILES string of the molecule is C=CC(=O)N1CCC(N(C=[C-]COc2[c-]ccc(Nc3ncc(Cl)c(Nc4ccccc4P(C)(C)=O)n3)c2)C[CH2-])CC1.[Li+]. The summed E-state index contributed by atoms with van der Waals surface area (Å²) >= 11 is 6.37. The number of aromatic nitrogens is 2. The van der Waals surface area contributed by atoms with Gasteiger partial charge in [-0.25, -0.2) is 4.98 Å². The minimum absolute atomic E-state index is 0. The molecule has 43 heavy (non-hydrogen) atoms. The number of halogens is 1. The molecule has 3 aromatic rings. The van der Waals surface area contributed by atoms with Gasteiger partial charge in [0.2, 0.25) is 11.9 Å². The van der Waals surface area contributed by atoms with Crippen LogP contribution < -0.4 is 39.5 Å². The van der Waals surface area contributed by atoms with Crippen LogP contribution in [-0.4, -0.2) is 71.3 Å². The Kier molecular flexibility index (Phi) is 12.8. The van der Waals surface area contributed by atoms with Crippen molar-refractivity contribution < 1.29 is 33.0 Å². The van der Waals surface area contributed by atoms with Crippen LogP contribution in [0.1, 0.15) is 12.8 Å². The first-order chi connectivity index (χ1) is 20.2. The summed E-state index contributed by atoms with van der Waals surface area (Å²) in [6.07, 6.45) is 9.66. The Bertz CT molecular complexity index is 1480. The maximum absolute atomic E-state index is 12.7. The summed E-state index contributed by atoms with van der Waals surface area (Å²) in [7, 11) is -2.52. The number of carbonyl (C=O) groups is 1. The van der Waals surface area contributed by atoms with E-state index < -0.39 is 7.14 Å². The van der Waals surface area contributed by atoms with Crippen LogP contribution in [0.25, 0.3) is 0 Å². The molecule has 12 heteroatoms. The predicted molar refractivity (Wildman–Crippen MR) is 170 cm³/mol. The zero-order valence-corrected chi connectivity index (χ0v) is 26.5. The van der Waals surface area contributed by atoms with Crippen LogP contribution in [0.2, 0.25) is 5.02 Å². The number of hydrogen-bond acceptors (Lipinski definition) is 8.